The van der Waals surface area contributed by atoms with Crippen molar-refractivity contribution in [2.45, 2.75) is 13.8 Å². The van der Waals surface area contributed by atoms with Crippen LogP contribution in [0.1, 0.15) is 19.4 Å². The zero-order valence-electron chi connectivity index (χ0n) is 12.8. The topological polar surface area (TPSA) is 13.1 Å². The lowest BCUT2D eigenvalue weighted by Gasteiger charge is -2.12. The Labute approximate surface area is 130 Å². The molecule has 0 unspecified atom stereocenters. The van der Waals surface area contributed by atoms with Crippen molar-refractivity contribution in [3.8, 4) is 0 Å². The molecule has 4 rings (SSSR count). The van der Waals surface area contributed by atoms with Crippen LogP contribution in [-0.2, 0) is 0 Å². The predicted molar refractivity (Wildman–Crippen MR) is 93.8 cm³/mol. The Kier molecular flexibility index (Phi) is 2.83. The molecule has 1 heterocycles. The van der Waals surface area contributed by atoms with Crippen LogP contribution in [0.4, 0.5) is 0 Å². The minimum atomic E-state index is 0.0989. The molecule has 0 aliphatic heterocycles. The lowest BCUT2D eigenvalue weighted by Crippen LogP contribution is -2.00. The van der Waals surface area contributed by atoms with Gasteiger partial charge in [0, 0.05) is 16.2 Å². The van der Waals surface area contributed by atoms with Crippen molar-refractivity contribution >= 4 is 27.5 Å². The number of allylic oxidation sites excluding steroid dienone is 6. The number of rotatable bonds is 1. The van der Waals surface area contributed by atoms with Gasteiger partial charge in [-0.1, -0.05) is 68.5 Å². The highest BCUT2D eigenvalue weighted by Crippen LogP contribution is 2.32. The first-order chi connectivity index (χ1) is 10.6. The van der Waals surface area contributed by atoms with Crippen LogP contribution in [0.2, 0.25) is 0 Å². The van der Waals surface area contributed by atoms with Crippen LogP contribution in [0.15, 0.2) is 77.3 Å². The van der Waals surface area contributed by atoms with Gasteiger partial charge in [0.1, 0.15) is 11.2 Å². The van der Waals surface area contributed by atoms with Crippen LogP contribution in [-0.4, -0.2) is 0 Å². The Morgan fingerprint density at radius 3 is 2.59 bits per heavy atom. The average Bonchev–Trinajstić information content (AvgIpc) is 2.77. The number of benzene rings is 2. The number of furan rings is 1. The maximum absolute atomic E-state index is 5.99. The van der Waals surface area contributed by atoms with Crippen molar-refractivity contribution in [1.82, 2.24) is 0 Å². The van der Waals surface area contributed by atoms with E-state index in [1.165, 1.54) is 21.9 Å². The van der Waals surface area contributed by atoms with Crippen molar-refractivity contribution in [1.29, 1.82) is 0 Å². The van der Waals surface area contributed by atoms with Crippen molar-refractivity contribution in [2.75, 3.05) is 0 Å². The third-order valence-electron chi connectivity index (χ3n) is 4.21. The SMILES string of the molecule is CC1(C)C=CC=C(c2ccc3c(c2)oc2ccccc23)C=C1. The first kappa shape index (κ1) is 13.1. The van der Waals surface area contributed by atoms with Gasteiger partial charge < -0.3 is 4.42 Å². The van der Waals surface area contributed by atoms with Crippen LogP contribution in [0.5, 0.6) is 0 Å². The maximum atomic E-state index is 5.99. The Morgan fingerprint density at radius 1 is 0.864 bits per heavy atom. The summed E-state index contributed by atoms with van der Waals surface area (Å²) in [5.41, 5.74) is 4.39. The van der Waals surface area contributed by atoms with Gasteiger partial charge >= 0.3 is 0 Å². The smallest absolute Gasteiger partial charge is 0.136 e. The van der Waals surface area contributed by atoms with E-state index in [2.05, 4.69) is 74.6 Å². The van der Waals surface area contributed by atoms with Gasteiger partial charge in [0.05, 0.1) is 0 Å². The highest BCUT2D eigenvalue weighted by molar-refractivity contribution is 6.05. The minimum Gasteiger partial charge on any atom is -0.456 e. The molecule has 22 heavy (non-hydrogen) atoms. The molecular formula is C21H18O. The third kappa shape index (κ3) is 2.19. The first-order valence-electron chi connectivity index (χ1n) is 7.63. The van der Waals surface area contributed by atoms with Crippen LogP contribution >= 0.6 is 0 Å². The minimum absolute atomic E-state index is 0.0989. The van der Waals surface area contributed by atoms with Crippen LogP contribution in [0.3, 0.4) is 0 Å². The molecule has 1 nitrogen and oxygen atoms in total. The molecule has 0 N–H and O–H groups in total. The Bertz CT molecular complexity index is 948. The van der Waals surface area contributed by atoms with Crippen molar-refractivity contribution in [3.63, 3.8) is 0 Å². The molecule has 0 saturated carbocycles. The molecule has 1 aromatic heterocycles. The predicted octanol–water partition coefficient (Wildman–Crippen LogP) is 6.12. The third-order valence-corrected chi connectivity index (χ3v) is 4.21. The number of fused-ring (bicyclic) bond motifs is 3. The van der Waals surface area contributed by atoms with E-state index in [1.807, 2.05) is 12.1 Å². The van der Waals surface area contributed by atoms with Gasteiger partial charge in [-0.25, -0.2) is 0 Å². The molecule has 0 radical (unpaired) electrons. The van der Waals surface area contributed by atoms with E-state index in [1.54, 1.807) is 0 Å². The van der Waals surface area contributed by atoms with Crippen LogP contribution in [0, 0.1) is 5.41 Å². The van der Waals surface area contributed by atoms with Gasteiger partial charge in [-0.2, -0.15) is 0 Å². The van der Waals surface area contributed by atoms with E-state index in [-0.39, 0.29) is 5.41 Å². The molecule has 2 aromatic carbocycles. The standard InChI is InChI=1S/C21H18O/c1-21(2)12-5-6-15(11-13-21)16-9-10-18-17-7-3-4-8-19(17)22-20(18)14-16/h3-14H,1-2H3. The molecule has 0 spiro atoms. The fraction of sp³-hybridized carbons (Fsp3) is 0.143. The van der Waals surface area contributed by atoms with E-state index >= 15 is 0 Å². The summed E-state index contributed by atoms with van der Waals surface area (Å²) in [6.07, 6.45) is 11.0. The van der Waals surface area contributed by atoms with Gasteiger partial charge in [-0.3, -0.25) is 0 Å². The molecule has 1 aliphatic carbocycles. The summed E-state index contributed by atoms with van der Waals surface area (Å²) in [6, 6.07) is 14.7. The Morgan fingerprint density at radius 2 is 1.68 bits per heavy atom. The summed E-state index contributed by atoms with van der Waals surface area (Å²) in [5, 5.41) is 2.35. The quantitative estimate of drug-likeness (QED) is 0.525. The Hall–Kier alpha value is -2.54. The molecule has 108 valence electrons. The second-order valence-corrected chi connectivity index (χ2v) is 6.44. The molecule has 0 fully saturated rings. The summed E-state index contributed by atoms with van der Waals surface area (Å²) < 4.78 is 5.99. The molecule has 3 aromatic rings. The summed E-state index contributed by atoms with van der Waals surface area (Å²) in [6.45, 7) is 4.42. The van der Waals surface area contributed by atoms with E-state index < -0.39 is 0 Å². The van der Waals surface area contributed by atoms with Gasteiger partial charge in [0.2, 0.25) is 0 Å². The highest BCUT2D eigenvalue weighted by Gasteiger charge is 2.12. The van der Waals surface area contributed by atoms with Gasteiger partial charge in [-0.05, 0) is 29.3 Å². The van der Waals surface area contributed by atoms with E-state index in [0.29, 0.717) is 0 Å². The fourth-order valence-corrected chi connectivity index (χ4v) is 2.91. The summed E-state index contributed by atoms with van der Waals surface area (Å²) in [4.78, 5) is 0. The van der Waals surface area contributed by atoms with Gasteiger partial charge in [0.15, 0.2) is 0 Å². The highest BCUT2D eigenvalue weighted by atomic mass is 16.3. The maximum Gasteiger partial charge on any atom is 0.136 e. The number of hydrogen-bond acceptors (Lipinski definition) is 1. The van der Waals surface area contributed by atoms with Crippen LogP contribution < -0.4 is 0 Å². The van der Waals surface area contributed by atoms with Crippen molar-refractivity contribution in [2.24, 2.45) is 5.41 Å². The lowest BCUT2D eigenvalue weighted by atomic mass is 9.93. The van der Waals surface area contributed by atoms with Crippen LogP contribution in [0.25, 0.3) is 27.5 Å². The molecule has 0 amide bonds. The summed E-state index contributed by atoms with van der Waals surface area (Å²) >= 11 is 0. The first-order valence-corrected chi connectivity index (χ1v) is 7.63. The molecule has 0 saturated heterocycles. The largest absolute Gasteiger partial charge is 0.456 e. The van der Waals surface area contributed by atoms with Gasteiger partial charge in [0.25, 0.3) is 0 Å². The number of para-hydroxylation sites is 1. The normalized spacial score (nSPS) is 16.9. The van der Waals surface area contributed by atoms with Crippen molar-refractivity contribution < 1.29 is 4.42 Å². The van der Waals surface area contributed by atoms with E-state index in [0.717, 1.165) is 11.2 Å². The van der Waals surface area contributed by atoms with Gasteiger partial charge in [-0.15, -0.1) is 0 Å². The average molecular weight is 286 g/mol. The van der Waals surface area contributed by atoms with E-state index in [4.69, 9.17) is 4.42 Å². The molecule has 1 heteroatoms. The van der Waals surface area contributed by atoms with Crippen molar-refractivity contribution in [3.05, 3.63) is 78.4 Å². The summed E-state index contributed by atoms with van der Waals surface area (Å²) in [7, 11) is 0. The van der Waals surface area contributed by atoms with E-state index in [9.17, 15) is 0 Å². The summed E-state index contributed by atoms with van der Waals surface area (Å²) in [5.74, 6) is 0. The molecule has 0 bridgehead atoms. The molecular weight excluding hydrogens is 268 g/mol. The monoisotopic (exact) mass is 286 g/mol. The second kappa shape index (κ2) is 4.74. The lowest BCUT2D eigenvalue weighted by molar-refractivity contribution is 0.627. The molecule has 1 aliphatic rings. The number of hydrogen-bond donors (Lipinski definition) is 0. The molecule has 0 atom stereocenters. The Balaban J connectivity index is 1.85. The zero-order chi connectivity index (χ0) is 15.2. The second-order valence-electron chi connectivity index (χ2n) is 6.44. The fourth-order valence-electron chi connectivity index (χ4n) is 2.91. The zero-order valence-corrected chi connectivity index (χ0v) is 12.8.